The number of nitrogens with one attached hydrogen (secondary N) is 1. The first-order chi connectivity index (χ1) is 11.5. The number of carbonyl (C=O) groups is 1. The first kappa shape index (κ1) is 17.5. The van der Waals surface area contributed by atoms with Crippen LogP contribution < -0.4 is 14.9 Å². The van der Waals surface area contributed by atoms with Crippen molar-refractivity contribution in [1.29, 1.82) is 0 Å². The summed E-state index contributed by atoms with van der Waals surface area (Å²) in [5.74, 6) is 1.18. The highest BCUT2D eigenvalue weighted by molar-refractivity contribution is 5.86. The molecule has 0 unspecified atom stereocenters. The van der Waals surface area contributed by atoms with E-state index in [4.69, 9.17) is 9.47 Å². The summed E-state index contributed by atoms with van der Waals surface area (Å²) in [4.78, 5) is 12.1. The number of hydrogen-bond acceptors (Lipinski definition) is 4. The van der Waals surface area contributed by atoms with Crippen molar-refractivity contribution in [3.63, 3.8) is 0 Å². The molecule has 0 heterocycles. The fraction of sp³-hybridized carbons (Fsp3) is 0.263. The van der Waals surface area contributed by atoms with Crippen LogP contribution >= 0.6 is 0 Å². The van der Waals surface area contributed by atoms with Crippen molar-refractivity contribution in [3.8, 4) is 11.5 Å². The molecule has 0 saturated carbocycles. The van der Waals surface area contributed by atoms with E-state index in [1.165, 1.54) is 0 Å². The number of nitrogens with zero attached hydrogens (tertiary/aromatic N) is 1. The summed E-state index contributed by atoms with van der Waals surface area (Å²) in [6, 6.07) is 11.4. The van der Waals surface area contributed by atoms with E-state index in [1.54, 1.807) is 38.6 Å². The van der Waals surface area contributed by atoms with Gasteiger partial charge in [0.15, 0.2) is 0 Å². The molecule has 0 aliphatic carbocycles. The zero-order chi connectivity index (χ0) is 17.5. The molecule has 1 N–H and O–H groups in total. The van der Waals surface area contributed by atoms with Gasteiger partial charge in [-0.05, 0) is 43.2 Å². The second kappa shape index (κ2) is 8.15. The third-order valence-electron chi connectivity index (χ3n) is 3.69. The summed E-state index contributed by atoms with van der Waals surface area (Å²) in [7, 11) is 3.17. The van der Waals surface area contributed by atoms with Gasteiger partial charge in [0.2, 0.25) is 5.91 Å². The number of amides is 1. The molecule has 1 amide bonds. The zero-order valence-corrected chi connectivity index (χ0v) is 14.4. The number of methoxy groups -OCH3 is 2. The number of ether oxygens (including phenoxy) is 2. The zero-order valence-electron chi connectivity index (χ0n) is 14.4. The number of hydrazone groups is 1. The molecule has 126 valence electrons. The molecule has 5 heteroatoms. The Bertz CT molecular complexity index is 754. The molecule has 0 bridgehead atoms. The van der Waals surface area contributed by atoms with E-state index in [1.807, 2.05) is 32.0 Å². The van der Waals surface area contributed by atoms with Crippen molar-refractivity contribution in [2.45, 2.75) is 20.3 Å². The Morgan fingerprint density at radius 1 is 1.12 bits per heavy atom. The number of aryl methyl sites for hydroxylation is 2. The summed E-state index contributed by atoms with van der Waals surface area (Å²) in [5.41, 5.74) is 6.50. The Morgan fingerprint density at radius 2 is 1.92 bits per heavy atom. The summed E-state index contributed by atoms with van der Waals surface area (Å²) < 4.78 is 10.4. The Labute approximate surface area is 142 Å². The molecule has 0 radical (unpaired) electrons. The van der Waals surface area contributed by atoms with Crippen molar-refractivity contribution in [1.82, 2.24) is 5.43 Å². The van der Waals surface area contributed by atoms with Crippen LogP contribution in [-0.4, -0.2) is 26.3 Å². The topological polar surface area (TPSA) is 59.9 Å². The highest BCUT2D eigenvalue weighted by Crippen LogP contribution is 2.22. The molecule has 2 rings (SSSR count). The van der Waals surface area contributed by atoms with Crippen molar-refractivity contribution < 1.29 is 14.3 Å². The highest BCUT2D eigenvalue weighted by atomic mass is 16.5. The van der Waals surface area contributed by atoms with Crippen molar-refractivity contribution in [2.24, 2.45) is 5.10 Å². The average Bonchev–Trinajstić information content (AvgIpc) is 2.58. The normalized spacial score (nSPS) is 10.7. The lowest BCUT2D eigenvalue weighted by Crippen LogP contribution is -2.20. The predicted molar refractivity (Wildman–Crippen MR) is 94.9 cm³/mol. The standard InChI is InChI=1S/C19H22N2O3/c1-13-5-6-14(2)15(9-13)11-19(22)21-20-12-16-10-17(23-3)7-8-18(16)24-4/h5-10,12H,11H2,1-4H3,(H,21,22)/b20-12+. The molecule has 0 aromatic heterocycles. The molecule has 0 aliphatic rings. The van der Waals surface area contributed by atoms with Crippen LogP contribution in [0, 0.1) is 13.8 Å². The number of benzene rings is 2. The lowest BCUT2D eigenvalue weighted by molar-refractivity contribution is -0.120. The molecule has 0 saturated heterocycles. The summed E-state index contributed by atoms with van der Waals surface area (Å²) in [5, 5.41) is 4.01. The van der Waals surface area contributed by atoms with Gasteiger partial charge in [-0.25, -0.2) is 5.43 Å². The molecule has 2 aromatic rings. The highest BCUT2D eigenvalue weighted by Gasteiger charge is 2.06. The van der Waals surface area contributed by atoms with E-state index in [-0.39, 0.29) is 5.91 Å². The molecule has 0 fully saturated rings. The Morgan fingerprint density at radius 3 is 2.62 bits per heavy atom. The maximum absolute atomic E-state index is 12.1. The number of carbonyl (C=O) groups excluding carboxylic acids is 1. The monoisotopic (exact) mass is 326 g/mol. The number of rotatable bonds is 6. The SMILES string of the molecule is COc1ccc(OC)c(/C=N/NC(=O)Cc2cc(C)ccc2C)c1. The van der Waals surface area contributed by atoms with E-state index >= 15 is 0 Å². The third-order valence-corrected chi connectivity index (χ3v) is 3.69. The van der Waals surface area contributed by atoms with Gasteiger partial charge < -0.3 is 9.47 Å². The molecule has 24 heavy (non-hydrogen) atoms. The van der Waals surface area contributed by atoms with Gasteiger partial charge in [-0.2, -0.15) is 5.10 Å². The molecule has 0 atom stereocenters. The van der Waals surface area contributed by atoms with Crippen LogP contribution in [0.4, 0.5) is 0 Å². The van der Waals surface area contributed by atoms with Crippen molar-refractivity contribution >= 4 is 12.1 Å². The largest absolute Gasteiger partial charge is 0.497 e. The minimum absolute atomic E-state index is 0.165. The van der Waals surface area contributed by atoms with Crippen LogP contribution in [0.5, 0.6) is 11.5 Å². The van der Waals surface area contributed by atoms with Crippen LogP contribution in [0.1, 0.15) is 22.3 Å². The quantitative estimate of drug-likeness (QED) is 0.656. The fourth-order valence-corrected chi connectivity index (χ4v) is 2.32. The second-order valence-electron chi connectivity index (χ2n) is 5.51. The first-order valence-electron chi connectivity index (χ1n) is 7.63. The van der Waals surface area contributed by atoms with Crippen LogP contribution in [0.3, 0.4) is 0 Å². The van der Waals surface area contributed by atoms with Gasteiger partial charge in [0, 0.05) is 5.56 Å². The van der Waals surface area contributed by atoms with Gasteiger partial charge in [0.25, 0.3) is 0 Å². The lowest BCUT2D eigenvalue weighted by Gasteiger charge is -2.07. The van der Waals surface area contributed by atoms with Gasteiger partial charge in [-0.1, -0.05) is 23.8 Å². The third kappa shape index (κ3) is 4.59. The Kier molecular flexibility index (Phi) is 5.95. The van der Waals surface area contributed by atoms with Gasteiger partial charge in [0.05, 0.1) is 26.9 Å². The van der Waals surface area contributed by atoms with E-state index in [2.05, 4.69) is 10.5 Å². The maximum atomic E-state index is 12.1. The molecule has 0 aliphatic heterocycles. The minimum atomic E-state index is -0.165. The van der Waals surface area contributed by atoms with Crippen LogP contribution in [0.2, 0.25) is 0 Å². The van der Waals surface area contributed by atoms with Crippen LogP contribution in [0.25, 0.3) is 0 Å². The van der Waals surface area contributed by atoms with Crippen molar-refractivity contribution in [2.75, 3.05) is 14.2 Å². The predicted octanol–water partition coefficient (Wildman–Crippen LogP) is 3.01. The second-order valence-corrected chi connectivity index (χ2v) is 5.51. The Hall–Kier alpha value is -2.82. The first-order valence-corrected chi connectivity index (χ1v) is 7.63. The summed E-state index contributed by atoms with van der Waals surface area (Å²) in [6.45, 7) is 4.00. The van der Waals surface area contributed by atoms with Gasteiger partial charge >= 0.3 is 0 Å². The summed E-state index contributed by atoms with van der Waals surface area (Å²) >= 11 is 0. The molecule has 0 spiro atoms. The van der Waals surface area contributed by atoms with Crippen LogP contribution in [-0.2, 0) is 11.2 Å². The van der Waals surface area contributed by atoms with E-state index in [0.717, 1.165) is 22.3 Å². The van der Waals surface area contributed by atoms with Gasteiger partial charge in [0.1, 0.15) is 11.5 Å². The molecule has 2 aromatic carbocycles. The smallest absolute Gasteiger partial charge is 0.244 e. The van der Waals surface area contributed by atoms with E-state index < -0.39 is 0 Å². The Balaban J connectivity index is 2.03. The molecular formula is C19H22N2O3. The lowest BCUT2D eigenvalue weighted by atomic mass is 10.0. The van der Waals surface area contributed by atoms with Gasteiger partial charge in [-0.3, -0.25) is 4.79 Å². The van der Waals surface area contributed by atoms with Crippen LogP contribution in [0.15, 0.2) is 41.5 Å². The number of hydrogen-bond donors (Lipinski definition) is 1. The fourth-order valence-electron chi connectivity index (χ4n) is 2.32. The molecule has 5 nitrogen and oxygen atoms in total. The van der Waals surface area contributed by atoms with E-state index in [9.17, 15) is 4.79 Å². The minimum Gasteiger partial charge on any atom is -0.497 e. The molecular weight excluding hydrogens is 304 g/mol. The maximum Gasteiger partial charge on any atom is 0.244 e. The van der Waals surface area contributed by atoms with Gasteiger partial charge in [-0.15, -0.1) is 0 Å². The van der Waals surface area contributed by atoms with E-state index in [0.29, 0.717) is 17.9 Å². The van der Waals surface area contributed by atoms with Crippen molar-refractivity contribution in [3.05, 3.63) is 58.7 Å². The summed E-state index contributed by atoms with van der Waals surface area (Å²) in [6.07, 6.45) is 1.84. The average molecular weight is 326 g/mol.